The predicted molar refractivity (Wildman–Crippen MR) is 99.4 cm³/mol. The Balaban J connectivity index is 1.68. The molecule has 0 radical (unpaired) electrons. The van der Waals surface area contributed by atoms with Crippen molar-refractivity contribution in [2.45, 2.75) is 40.0 Å². The Labute approximate surface area is 156 Å². The number of carbonyl (C=O) groups is 1. The summed E-state index contributed by atoms with van der Waals surface area (Å²) in [5.41, 5.74) is 2.55. The van der Waals surface area contributed by atoms with Crippen molar-refractivity contribution in [3.63, 3.8) is 0 Å². The molecule has 3 aromatic rings. The Morgan fingerprint density at radius 1 is 1.35 bits per heavy atom. The number of rotatable bonds is 6. The van der Waals surface area contributed by atoms with Crippen molar-refractivity contribution < 1.29 is 14.1 Å². The summed E-state index contributed by atoms with van der Waals surface area (Å²) in [4.78, 5) is 14.9. The number of ether oxygens (including phenoxy) is 1. The molecule has 7 nitrogen and oxygen atoms in total. The number of urea groups is 1. The summed E-state index contributed by atoms with van der Waals surface area (Å²) in [6.07, 6.45) is 0. The molecule has 8 heteroatoms. The smallest absolute Gasteiger partial charge is 0.315 e. The number of nitrogens with one attached hydrogen (secondary N) is 3. The fourth-order valence-electron chi connectivity index (χ4n) is 2.52. The highest BCUT2D eigenvalue weighted by Crippen LogP contribution is 2.31. The molecule has 0 spiro atoms. The molecule has 0 fully saturated rings. The zero-order valence-electron chi connectivity index (χ0n) is 14.9. The van der Waals surface area contributed by atoms with Crippen LogP contribution in [-0.2, 0) is 13.2 Å². The van der Waals surface area contributed by atoms with Gasteiger partial charge in [0.1, 0.15) is 12.4 Å². The van der Waals surface area contributed by atoms with Crippen LogP contribution in [0.5, 0.6) is 5.75 Å². The van der Waals surface area contributed by atoms with Gasteiger partial charge in [-0.1, -0.05) is 16.8 Å². The molecule has 0 atom stereocenters. The number of fused-ring (bicyclic) bond motifs is 1. The largest absolute Gasteiger partial charge is 0.484 e. The maximum atomic E-state index is 11.7. The van der Waals surface area contributed by atoms with Crippen molar-refractivity contribution in [1.82, 2.24) is 20.8 Å². The fraction of sp³-hybridized carbons (Fsp3) is 0.333. The van der Waals surface area contributed by atoms with E-state index in [-0.39, 0.29) is 18.7 Å². The summed E-state index contributed by atoms with van der Waals surface area (Å²) >= 11 is 6.30. The molecule has 0 aliphatic carbocycles. The van der Waals surface area contributed by atoms with Gasteiger partial charge in [0.25, 0.3) is 0 Å². The zero-order valence-corrected chi connectivity index (χ0v) is 15.6. The van der Waals surface area contributed by atoms with Gasteiger partial charge in [-0.05, 0) is 32.9 Å². The Hall–Kier alpha value is -2.67. The summed E-state index contributed by atoms with van der Waals surface area (Å²) < 4.78 is 10.9. The van der Waals surface area contributed by atoms with Crippen LogP contribution in [0.1, 0.15) is 31.0 Å². The molecule has 138 valence electrons. The van der Waals surface area contributed by atoms with E-state index in [0.29, 0.717) is 23.1 Å². The molecular formula is C18H21ClN4O3. The Bertz CT molecular complexity index is 916. The van der Waals surface area contributed by atoms with Gasteiger partial charge in [0.15, 0.2) is 5.76 Å². The van der Waals surface area contributed by atoms with Crippen molar-refractivity contribution in [1.29, 1.82) is 0 Å². The van der Waals surface area contributed by atoms with Gasteiger partial charge in [0.2, 0.25) is 0 Å². The van der Waals surface area contributed by atoms with E-state index in [1.54, 1.807) is 0 Å². The van der Waals surface area contributed by atoms with Crippen LogP contribution in [0.2, 0.25) is 5.02 Å². The van der Waals surface area contributed by atoms with Crippen LogP contribution in [-0.4, -0.2) is 22.2 Å². The Morgan fingerprint density at radius 2 is 2.15 bits per heavy atom. The topological polar surface area (TPSA) is 92.2 Å². The van der Waals surface area contributed by atoms with Crippen molar-refractivity contribution in [3.8, 4) is 5.75 Å². The number of nitrogens with zero attached hydrogens (tertiary/aromatic N) is 1. The number of carbonyl (C=O) groups excluding carboxylic acids is 1. The summed E-state index contributed by atoms with van der Waals surface area (Å²) in [5, 5.41) is 10.9. The lowest BCUT2D eigenvalue weighted by atomic mass is 10.2. The molecular weight excluding hydrogens is 356 g/mol. The van der Waals surface area contributed by atoms with Crippen LogP contribution in [0.25, 0.3) is 10.9 Å². The number of aromatic amines is 1. The highest BCUT2D eigenvalue weighted by molar-refractivity contribution is 6.32. The van der Waals surface area contributed by atoms with E-state index in [1.165, 1.54) is 0 Å². The van der Waals surface area contributed by atoms with Crippen molar-refractivity contribution in [3.05, 3.63) is 46.4 Å². The van der Waals surface area contributed by atoms with E-state index < -0.39 is 0 Å². The van der Waals surface area contributed by atoms with Gasteiger partial charge in [-0.2, -0.15) is 0 Å². The second-order valence-corrected chi connectivity index (χ2v) is 6.78. The van der Waals surface area contributed by atoms with E-state index in [1.807, 2.05) is 45.0 Å². The van der Waals surface area contributed by atoms with Gasteiger partial charge < -0.3 is 24.9 Å². The summed E-state index contributed by atoms with van der Waals surface area (Å²) in [5.74, 6) is 1.18. The summed E-state index contributed by atoms with van der Waals surface area (Å²) in [7, 11) is 0. The minimum atomic E-state index is -0.205. The maximum Gasteiger partial charge on any atom is 0.315 e. The number of benzene rings is 1. The van der Waals surface area contributed by atoms with E-state index in [0.717, 1.165) is 22.3 Å². The fourth-order valence-corrected chi connectivity index (χ4v) is 2.75. The highest BCUT2D eigenvalue weighted by atomic mass is 35.5. The lowest BCUT2D eigenvalue weighted by Crippen LogP contribution is -2.39. The van der Waals surface area contributed by atoms with E-state index >= 15 is 0 Å². The number of hydrogen-bond acceptors (Lipinski definition) is 4. The molecule has 2 amide bonds. The van der Waals surface area contributed by atoms with Crippen LogP contribution < -0.4 is 15.4 Å². The molecule has 0 unspecified atom stereocenters. The Kier molecular flexibility index (Phi) is 5.37. The summed E-state index contributed by atoms with van der Waals surface area (Å²) in [6, 6.07) is 7.30. The second kappa shape index (κ2) is 7.70. The predicted octanol–water partition coefficient (Wildman–Crippen LogP) is 3.90. The van der Waals surface area contributed by atoms with Gasteiger partial charge in [-0.15, -0.1) is 0 Å². The molecule has 0 bridgehead atoms. The first-order valence-corrected chi connectivity index (χ1v) is 8.69. The third-order valence-electron chi connectivity index (χ3n) is 3.63. The molecule has 0 saturated heterocycles. The van der Waals surface area contributed by atoms with Gasteiger partial charge in [-0.25, -0.2) is 4.79 Å². The first-order chi connectivity index (χ1) is 12.4. The SMILES string of the molecule is Cc1cc(COc2cc3[nH]c(CNC(=O)NC(C)C)cc3cc2Cl)on1. The first kappa shape index (κ1) is 18.1. The number of aromatic nitrogens is 2. The average molecular weight is 377 g/mol. The Morgan fingerprint density at radius 3 is 2.85 bits per heavy atom. The number of halogens is 1. The number of aryl methyl sites for hydroxylation is 1. The zero-order chi connectivity index (χ0) is 18.7. The second-order valence-electron chi connectivity index (χ2n) is 6.37. The molecule has 2 heterocycles. The first-order valence-electron chi connectivity index (χ1n) is 8.31. The average Bonchev–Trinajstić information content (AvgIpc) is 3.15. The number of hydrogen-bond donors (Lipinski definition) is 3. The molecule has 26 heavy (non-hydrogen) atoms. The van der Waals surface area contributed by atoms with Crippen molar-refractivity contribution >= 4 is 28.5 Å². The molecule has 1 aromatic carbocycles. The van der Waals surface area contributed by atoms with E-state index in [4.69, 9.17) is 20.9 Å². The number of amides is 2. The molecule has 3 rings (SSSR count). The third-order valence-corrected chi connectivity index (χ3v) is 3.93. The lowest BCUT2D eigenvalue weighted by Gasteiger charge is -2.09. The molecule has 2 aromatic heterocycles. The van der Waals surface area contributed by atoms with Gasteiger partial charge >= 0.3 is 6.03 Å². The van der Waals surface area contributed by atoms with Crippen LogP contribution >= 0.6 is 11.6 Å². The number of H-pyrrole nitrogens is 1. The highest BCUT2D eigenvalue weighted by Gasteiger charge is 2.10. The minimum absolute atomic E-state index is 0.0874. The van der Waals surface area contributed by atoms with Gasteiger partial charge in [0, 0.05) is 34.8 Å². The van der Waals surface area contributed by atoms with E-state index in [9.17, 15) is 4.79 Å². The lowest BCUT2D eigenvalue weighted by molar-refractivity contribution is 0.238. The molecule has 0 aliphatic heterocycles. The summed E-state index contributed by atoms with van der Waals surface area (Å²) in [6.45, 7) is 6.30. The molecule has 3 N–H and O–H groups in total. The minimum Gasteiger partial charge on any atom is -0.484 e. The van der Waals surface area contributed by atoms with Crippen LogP contribution in [0.4, 0.5) is 4.79 Å². The van der Waals surface area contributed by atoms with Gasteiger partial charge in [0.05, 0.1) is 17.3 Å². The quantitative estimate of drug-likeness (QED) is 0.608. The molecule has 0 aliphatic rings. The standard InChI is InChI=1S/C18H21ClN4O3/c1-10(2)21-18(24)20-8-13-5-12-6-15(19)17(7-16(12)22-13)25-9-14-4-11(3)23-26-14/h4-7,10,22H,8-9H2,1-3H3,(H2,20,21,24). The van der Waals surface area contributed by atoms with Crippen LogP contribution in [0.15, 0.2) is 28.8 Å². The van der Waals surface area contributed by atoms with Crippen molar-refractivity contribution in [2.24, 2.45) is 0 Å². The third kappa shape index (κ3) is 4.49. The van der Waals surface area contributed by atoms with Gasteiger partial charge in [-0.3, -0.25) is 0 Å². The van der Waals surface area contributed by atoms with Crippen LogP contribution in [0.3, 0.4) is 0 Å². The monoisotopic (exact) mass is 376 g/mol. The van der Waals surface area contributed by atoms with Crippen LogP contribution in [0, 0.1) is 6.92 Å². The molecule has 0 saturated carbocycles. The maximum absolute atomic E-state index is 11.7. The normalized spacial score (nSPS) is 11.1. The van der Waals surface area contributed by atoms with Crippen molar-refractivity contribution in [2.75, 3.05) is 0 Å². The van der Waals surface area contributed by atoms with E-state index in [2.05, 4.69) is 20.8 Å².